The first kappa shape index (κ1) is 24.8. The highest BCUT2D eigenvalue weighted by Gasteiger charge is 2.29. The van der Waals surface area contributed by atoms with Gasteiger partial charge in [0.1, 0.15) is 24.6 Å². The lowest BCUT2D eigenvalue weighted by Gasteiger charge is -2.14. The van der Waals surface area contributed by atoms with Gasteiger partial charge in [0.25, 0.3) is 0 Å². The SMILES string of the molecule is Cc1ccc(C(C)C)c(OCc2nn3c([n+]2CC(=O)c2ccc(OC(F)F)cc2)CCCCC3)c1. The topological polar surface area (TPSA) is 57.2 Å². The number of aryl methyl sites for hydroxylation is 2. The molecule has 0 saturated heterocycles. The average Bonchev–Trinajstić information content (AvgIpc) is 2.97. The minimum absolute atomic E-state index is 0.0248. The van der Waals surface area contributed by atoms with Gasteiger partial charge in [-0.3, -0.25) is 4.79 Å². The van der Waals surface area contributed by atoms with E-state index >= 15 is 0 Å². The van der Waals surface area contributed by atoms with Crippen molar-refractivity contribution in [3.8, 4) is 11.5 Å². The summed E-state index contributed by atoms with van der Waals surface area (Å²) in [5.74, 6) is 2.75. The molecule has 2 heterocycles. The van der Waals surface area contributed by atoms with Crippen LogP contribution in [0, 0.1) is 6.92 Å². The Kier molecular flexibility index (Phi) is 7.78. The van der Waals surface area contributed by atoms with E-state index in [1.54, 1.807) is 0 Å². The predicted octanol–water partition coefficient (Wildman–Crippen LogP) is 5.39. The van der Waals surface area contributed by atoms with Crippen LogP contribution in [0.4, 0.5) is 8.78 Å². The number of fused-ring (bicyclic) bond motifs is 1. The lowest BCUT2D eigenvalue weighted by Crippen LogP contribution is -2.45. The lowest BCUT2D eigenvalue weighted by molar-refractivity contribution is -0.700. The van der Waals surface area contributed by atoms with Crippen molar-refractivity contribution in [1.29, 1.82) is 0 Å². The Hall–Kier alpha value is -3.29. The number of aromatic nitrogens is 3. The molecule has 0 spiro atoms. The number of hydrogen-bond acceptors (Lipinski definition) is 4. The molecule has 0 bridgehead atoms. The van der Waals surface area contributed by atoms with Gasteiger partial charge in [-0.05, 0) is 73.6 Å². The number of ketones is 1. The van der Waals surface area contributed by atoms with Crippen molar-refractivity contribution in [3.63, 3.8) is 0 Å². The maximum atomic E-state index is 13.1. The van der Waals surface area contributed by atoms with E-state index in [1.807, 2.05) is 22.2 Å². The van der Waals surface area contributed by atoms with Crippen molar-refractivity contribution in [2.24, 2.45) is 0 Å². The maximum absolute atomic E-state index is 13.1. The van der Waals surface area contributed by atoms with Crippen molar-refractivity contribution in [3.05, 3.63) is 70.8 Å². The number of carbonyl (C=O) groups is 1. The van der Waals surface area contributed by atoms with Crippen molar-refractivity contribution in [1.82, 2.24) is 9.78 Å². The fourth-order valence-corrected chi connectivity index (χ4v) is 4.44. The third kappa shape index (κ3) is 6.05. The van der Waals surface area contributed by atoms with Gasteiger partial charge in [-0.25, -0.2) is 4.57 Å². The van der Waals surface area contributed by atoms with Crippen LogP contribution < -0.4 is 14.0 Å². The molecule has 1 aliphatic rings. The largest absolute Gasteiger partial charge is 0.482 e. The predicted molar refractivity (Wildman–Crippen MR) is 127 cm³/mol. The molecule has 0 fully saturated rings. The number of ether oxygens (including phenoxy) is 2. The first-order valence-electron chi connectivity index (χ1n) is 12.1. The fourth-order valence-electron chi connectivity index (χ4n) is 4.44. The van der Waals surface area contributed by atoms with Crippen LogP contribution in [0.5, 0.6) is 11.5 Å². The van der Waals surface area contributed by atoms with E-state index in [4.69, 9.17) is 9.84 Å². The van der Waals surface area contributed by atoms with Gasteiger partial charge in [-0.2, -0.15) is 8.78 Å². The number of benzene rings is 2. The Morgan fingerprint density at radius 3 is 2.60 bits per heavy atom. The zero-order chi connectivity index (χ0) is 24.9. The number of rotatable bonds is 9. The summed E-state index contributed by atoms with van der Waals surface area (Å²) in [5.41, 5.74) is 2.68. The van der Waals surface area contributed by atoms with Gasteiger partial charge in [0.05, 0.1) is 0 Å². The van der Waals surface area contributed by atoms with E-state index in [1.165, 1.54) is 24.3 Å². The second kappa shape index (κ2) is 11.0. The van der Waals surface area contributed by atoms with Crippen LogP contribution in [0.15, 0.2) is 42.5 Å². The van der Waals surface area contributed by atoms with E-state index in [-0.39, 0.29) is 24.7 Å². The molecular formula is C27H32F2N3O3+. The highest BCUT2D eigenvalue weighted by Crippen LogP contribution is 2.28. The summed E-state index contributed by atoms with van der Waals surface area (Å²) in [4.78, 5) is 13.1. The van der Waals surface area contributed by atoms with Gasteiger partial charge in [0.2, 0.25) is 5.82 Å². The maximum Gasteiger partial charge on any atom is 0.387 e. The molecule has 4 rings (SSSR count). The van der Waals surface area contributed by atoms with Crippen LogP contribution in [0.1, 0.15) is 72.2 Å². The summed E-state index contributed by atoms with van der Waals surface area (Å²) < 4.78 is 39.5. The molecule has 3 aromatic rings. The molecule has 0 unspecified atom stereocenters. The fraction of sp³-hybridized carbons (Fsp3) is 0.444. The molecule has 0 saturated carbocycles. The van der Waals surface area contributed by atoms with Crippen LogP contribution in [0.25, 0.3) is 0 Å². The number of alkyl halides is 2. The highest BCUT2D eigenvalue weighted by molar-refractivity contribution is 5.95. The summed E-state index contributed by atoms with van der Waals surface area (Å²) >= 11 is 0. The molecule has 0 atom stereocenters. The Labute approximate surface area is 204 Å². The standard InChI is InChI=1S/C27H32F2N3O3/c1-18(2)22-13-8-19(3)15-24(22)34-17-25-30-32-14-6-4-5-7-26(32)31(25)16-23(33)20-9-11-21(12-10-20)35-27(28)29/h8-13,15,18,27H,4-7,14,16-17H2,1-3H3/q+1. The zero-order valence-electron chi connectivity index (χ0n) is 20.5. The quantitative estimate of drug-likeness (QED) is 0.302. The first-order chi connectivity index (χ1) is 16.8. The molecule has 8 heteroatoms. The number of nitrogens with zero attached hydrogens (tertiary/aromatic N) is 3. The van der Waals surface area contributed by atoms with Gasteiger partial charge in [0, 0.05) is 17.1 Å². The van der Waals surface area contributed by atoms with Crippen molar-refractivity contribution in [2.45, 2.75) is 78.7 Å². The van der Waals surface area contributed by atoms with Gasteiger partial charge >= 0.3 is 12.4 Å². The van der Waals surface area contributed by atoms with Crippen molar-refractivity contribution < 1.29 is 27.6 Å². The molecular weight excluding hydrogens is 452 g/mol. The number of Topliss-reactive ketones (excluding diaryl/α,β-unsaturated/α-hetero) is 1. The lowest BCUT2D eigenvalue weighted by atomic mass is 10.0. The first-order valence-corrected chi connectivity index (χ1v) is 12.1. The van der Waals surface area contributed by atoms with Crippen LogP contribution in [0.2, 0.25) is 0 Å². The monoisotopic (exact) mass is 484 g/mol. The van der Waals surface area contributed by atoms with E-state index in [2.05, 4.69) is 30.7 Å². The smallest absolute Gasteiger partial charge is 0.387 e. The highest BCUT2D eigenvalue weighted by atomic mass is 19.3. The molecule has 0 aliphatic carbocycles. The molecule has 1 aliphatic heterocycles. The second-order valence-electron chi connectivity index (χ2n) is 9.26. The van der Waals surface area contributed by atoms with Gasteiger partial charge in [-0.1, -0.05) is 26.0 Å². The molecule has 186 valence electrons. The molecule has 0 N–H and O–H groups in total. The van der Waals surface area contributed by atoms with Crippen LogP contribution in [0.3, 0.4) is 0 Å². The number of halogens is 2. The molecule has 6 nitrogen and oxygen atoms in total. The summed E-state index contributed by atoms with van der Waals surface area (Å²) in [7, 11) is 0. The average molecular weight is 485 g/mol. The Balaban J connectivity index is 1.59. The number of carbonyl (C=O) groups excluding carboxylic acids is 1. The second-order valence-corrected chi connectivity index (χ2v) is 9.26. The van der Waals surface area contributed by atoms with E-state index < -0.39 is 6.61 Å². The summed E-state index contributed by atoms with van der Waals surface area (Å²) in [6.07, 6.45) is 4.04. The minimum atomic E-state index is -2.90. The van der Waals surface area contributed by atoms with Crippen molar-refractivity contribution in [2.75, 3.05) is 0 Å². The van der Waals surface area contributed by atoms with Gasteiger partial charge in [0.15, 0.2) is 12.4 Å². The zero-order valence-corrected chi connectivity index (χ0v) is 20.5. The van der Waals surface area contributed by atoms with Crippen LogP contribution in [-0.2, 0) is 26.1 Å². The van der Waals surface area contributed by atoms with Crippen LogP contribution in [-0.4, -0.2) is 22.2 Å². The van der Waals surface area contributed by atoms with Gasteiger partial charge in [-0.15, -0.1) is 4.68 Å². The summed E-state index contributed by atoms with van der Waals surface area (Å²) in [5, 5.41) is 4.82. The van der Waals surface area contributed by atoms with E-state index in [0.717, 1.165) is 54.9 Å². The molecule has 0 amide bonds. The summed E-state index contributed by atoms with van der Waals surface area (Å²) in [6.45, 7) is 4.56. The molecule has 2 aromatic carbocycles. The summed E-state index contributed by atoms with van der Waals surface area (Å²) in [6, 6.07) is 12.0. The van der Waals surface area contributed by atoms with Gasteiger partial charge < -0.3 is 9.47 Å². The molecule has 0 radical (unpaired) electrons. The van der Waals surface area contributed by atoms with Crippen LogP contribution >= 0.6 is 0 Å². The molecule has 35 heavy (non-hydrogen) atoms. The Morgan fingerprint density at radius 2 is 1.89 bits per heavy atom. The molecule has 1 aromatic heterocycles. The van der Waals surface area contributed by atoms with Crippen molar-refractivity contribution >= 4 is 5.78 Å². The minimum Gasteiger partial charge on any atom is -0.482 e. The third-order valence-corrected chi connectivity index (χ3v) is 6.28. The van der Waals surface area contributed by atoms with E-state index in [9.17, 15) is 13.6 Å². The Bertz CT molecular complexity index is 1170. The van der Waals surface area contributed by atoms with E-state index in [0.29, 0.717) is 17.3 Å². The Morgan fingerprint density at radius 1 is 1.11 bits per heavy atom. The normalized spacial score (nSPS) is 13.6. The third-order valence-electron chi connectivity index (χ3n) is 6.28. The number of hydrogen-bond donors (Lipinski definition) is 0.